The third-order valence-electron chi connectivity index (χ3n) is 4.41. The molecule has 0 spiro atoms. The van der Waals surface area contributed by atoms with Gasteiger partial charge < -0.3 is 14.4 Å². The fourth-order valence-electron chi connectivity index (χ4n) is 3.21. The average molecular weight is 317 g/mol. The molecule has 124 valence electrons. The number of aromatic nitrogens is 3. The lowest BCUT2D eigenvalue weighted by atomic mass is 9.96. The number of nitrogens with zero attached hydrogens (tertiary/aromatic N) is 5. The third-order valence-corrected chi connectivity index (χ3v) is 4.41. The van der Waals surface area contributed by atoms with Gasteiger partial charge >= 0.3 is 0 Å². The smallest absolute Gasteiger partial charge is 0.164 e. The minimum absolute atomic E-state index is 0.246. The summed E-state index contributed by atoms with van der Waals surface area (Å²) in [4.78, 5) is 12.7. The van der Waals surface area contributed by atoms with Gasteiger partial charge in [0.1, 0.15) is 5.82 Å². The van der Waals surface area contributed by atoms with Gasteiger partial charge in [0.2, 0.25) is 0 Å². The van der Waals surface area contributed by atoms with Crippen molar-refractivity contribution in [3.8, 4) is 0 Å². The van der Waals surface area contributed by atoms with Crippen LogP contribution >= 0.6 is 0 Å². The molecule has 1 atom stereocenters. The number of hydrogen-bond acceptors (Lipinski definition) is 4. The van der Waals surface area contributed by atoms with E-state index in [1.165, 1.54) is 6.20 Å². The molecule has 1 fully saturated rings. The predicted molar refractivity (Wildman–Crippen MR) is 89.2 cm³/mol. The van der Waals surface area contributed by atoms with Crippen LogP contribution in [0.25, 0.3) is 0 Å². The van der Waals surface area contributed by atoms with Crippen molar-refractivity contribution in [3.63, 3.8) is 0 Å². The molecule has 0 amide bonds. The molecule has 0 unspecified atom stereocenters. The summed E-state index contributed by atoms with van der Waals surface area (Å²) in [5, 5.41) is 0. The molecule has 0 aromatic carbocycles. The molecule has 1 saturated heterocycles. The quantitative estimate of drug-likeness (QED) is 0.848. The molecule has 3 heterocycles. The van der Waals surface area contributed by atoms with Crippen molar-refractivity contribution in [2.75, 3.05) is 38.6 Å². The van der Waals surface area contributed by atoms with E-state index in [9.17, 15) is 4.39 Å². The lowest BCUT2D eigenvalue weighted by Crippen LogP contribution is -2.36. The Bertz CT molecular complexity index is 639. The number of rotatable bonds is 5. The van der Waals surface area contributed by atoms with E-state index < -0.39 is 0 Å². The topological polar surface area (TPSA) is 37.2 Å². The van der Waals surface area contributed by atoms with Gasteiger partial charge in [-0.3, -0.25) is 4.98 Å². The van der Waals surface area contributed by atoms with Gasteiger partial charge in [0.15, 0.2) is 5.82 Å². The number of halogens is 1. The summed E-state index contributed by atoms with van der Waals surface area (Å²) in [7, 11) is 4.15. The van der Waals surface area contributed by atoms with E-state index in [1.54, 1.807) is 12.3 Å². The van der Waals surface area contributed by atoms with Crippen LogP contribution in [0.1, 0.15) is 24.6 Å². The van der Waals surface area contributed by atoms with Crippen molar-refractivity contribution >= 4 is 5.69 Å². The van der Waals surface area contributed by atoms with Gasteiger partial charge in [-0.25, -0.2) is 9.37 Å². The second-order valence-corrected chi connectivity index (χ2v) is 6.39. The zero-order valence-corrected chi connectivity index (χ0v) is 13.8. The van der Waals surface area contributed by atoms with Crippen molar-refractivity contribution in [1.82, 2.24) is 19.4 Å². The lowest BCUT2D eigenvalue weighted by Gasteiger charge is -2.34. The van der Waals surface area contributed by atoms with Gasteiger partial charge in [-0.05, 0) is 33.0 Å². The van der Waals surface area contributed by atoms with Gasteiger partial charge in [0.25, 0.3) is 0 Å². The number of hydrogen-bond donors (Lipinski definition) is 0. The van der Waals surface area contributed by atoms with Crippen LogP contribution in [0, 0.1) is 5.82 Å². The fraction of sp³-hybridized carbons (Fsp3) is 0.529. The van der Waals surface area contributed by atoms with Crippen LogP contribution in [-0.4, -0.2) is 53.2 Å². The number of piperidine rings is 1. The van der Waals surface area contributed by atoms with E-state index in [0.29, 0.717) is 11.6 Å². The molecular formula is C17H24FN5. The molecule has 5 nitrogen and oxygen atoms in total. The highest BCUT2D eigenvalue weighted by molar-refractivity contribution is 5.47. The van der Waals surface area contributed by atoms with Crippen LogP contribution in [0.15, 0.2) is 30.9 Å². The maximum atomic E-state index is 14.0. The standard InChI is InChI=1S/C17H24FN5/c1-21(2)10-11-22-9-7-20-17(22)14-4-3-8-23(13-14)16-5-6-19-12-15(16)18/h5-7,9,12,14H,3-4,8,10-11,13H2,1-2H3/t14-/m1/s1. The van der Waals surface area contributed by atoms with Gasteiger partial charge in [-0.1, -0.05) is 0 Å². The number of likely N-dealkylation sites (N-methyl/N-ethyl adjacent to an activating group) is 1. The molecule has 3 rings (SSSR count). The zero-order chi connectivity index (χ0) is 16.2. The van der Waals surface area contributed by atoms with Gasteiger partial charge in [0, 0.05) is 50.7 Å². The highest BCUT2D eigenvalue weighted by Crippen LogP contribution is 2.30. The van der Waals surface area contributed by atoms with Crippen molar-refractivity contribution < 1.29 is 4.39 Å². The van der Waals surface area contributed by atoms with Crippen LogP contribution in [-0.2, 0) is 6.54 Å². The highest BCUT2D eigenvalue weighted by Gasteiger charge is 2.26. The van der Waals surface area contributed by atoms with Crippen LogP contribution in [0.2, 0.25) is 0 Å². The Kier molecular flexibility index (Phi) is 4.91. The normalized spacial score (nSPS) is 18.6. The monoisotopic (exact) mass is 317 g/mol. The Labute approximate surface area is 136 Å². The molecule has 0 N–H and O–H groups in total. The van der Waals surface area contributed by atoms with Crippen LogP contribution in [0.4, 0.5) is 10.1 Å². The molecular weight excluding hydrogens is 293 g/mol. The molecule has 23 heavy (non-hydrogen) atoms. The van der Waals surface area contributed by atoms with E-state index in [2.05, 4.69) is 38.4 Å². The zero-order valence-electron chi connectivity index (χ0n) is 13.8. The largest absolute Gasteiger partial charge is 0.368 e. The summed E-state index contributed by atoms with van der Waals surface area (Å²) < 4.78 is 16.2. The van der Waals surface area contributed by atoms with Crippen LogP contribution in [0.5, 0.6) is 0 Å². The molecule has 0 radical (unpaired) electrons. The van der Waals surface area contributed by atoms with Crippen LogP contribution < -0.4 is 4.90 Å². The predicted octanol–water partition coefficient (Wildman–Crippen LogP) is 2.36. The Morgan fingerprint density at radius 3 is 3.00 bits per heavy atom. The van der Waals surface area contributed by atoms with Crippen molar-refractivity contribution in [2.45, 2.75) is 25.3 Å². The first-order valence-electron chi connectivity index (χ1n) is 8.15. The van der Waals surface area contributed by atoms with Gasteiger partial charge in [0.05, 0.1) is 11.9 Å². The molecule has 0 aliphatic carbocycles. The molecule has 2 aromatic rings. The number of pyridine rings is 1. The van der Waals surface area contributed by atoms with Crippen LogP contribution in [0.3, 0.4) is 0 Å². The Balaban J connectivity index is 1.74. The average Bonchev–Trinajstić information content (AvgIpc) is 3.02. The molecule has 1 aliphatic rings. The maximum absolute atomic E-state index is 14.0. The Morgan fingerprint density at radius 2 is 2.22 bits per heavy atom. The minimum Gasteiger partial charge on any atom is -0.368 e. The number of imidazole rings is 1. The van der Waals surface area contributed by atoms with Crippen molar-refractivity contribution in [1.29, 1.82) is 0 Å². The molecule has 2 aromatic heterocycles. The Hall–Kier alpha value is -1.95. The molecule has 6 heteroatoms. The van der Waals surface area contributed by atoms with Crippen molar-refractivity contribution in [2.24, 2.45) is 0 Å². The van der Waals surface area contributed by atoms with E-state index in [0.717, 1.165) is 44.8 Å². The first kappa shape index (κ1) is 15.9. The summed E-state index contributed by atoms with van der Waals surface area (Å²) in [6.45, 7) is 3.61. The summed E-state index contributed by atoms with van der Waals surface area (Å²) in [6, 6.07) is 1.76. The molecule has 0 bridgehead atoms. The summed E-state index contributed by atoms with van der Waals surface area (Å²) in [5.74, 6) is 1.21. The summed E-state index contributed by atoms with van der Waals surface area (Å²) in [5.41, 5.74) is 0.649. The lowest BCUT2D eigenvalue weighted by molar-refractivity contribution is 0.373. The molecule has 1 aliphatic heterocycles. The maximum Gasteiger partial charge on any atom is 0.164 e. The second kappa shape index (κ2) is 7.08. The Morgan fingerprint density at radius 1 is 1.35 bits per heavy atom. The first-order chi connectivity index (χ1) is 11.1. The number of anilines is 1. The summed E-state index contributed by atoms with van der Waals surface area (Å²) >= 11 is 0. The fourth-order valence-corrected chi connectivity index (χ4v) is 3.21. The highest BCUT2D eigenvalue weighted by atomic mass is 19.1. The molecule has 0 saturated carbocycles. The van der Waals surface area contributed by atoms with Crippen molar-refractivity contribution in [3.05, 3.63) is 42.5 Å². The van der Waals surface area contributed by atoms with E-state index >= 15 is 0 Å². The second-order valence-electron chi connectivity index (χ2n) is 6.39. The first-order valence-corrected chi connectivity index (χ1v) is 8.15. The van der Waals surface area contributed by atoms with E-state index in [1.807, 2.05) is 12.4 Å². The third kappa shape index (κ3) is 3.69. The summed E-state index contributed by atoms with van der Waals surface area (Å²) in [6.07, 6.45) is 9.01. The minimum atomic E-state index is -0.246. The van der Waals surface area contributed by atoms with Gasteiger partial charge in [-0.2, -0.15) is 0 Å². The SMILES string of the molecule is CN(C)CCn1ccnc1[C@@H]1CCCN(c2ccncc2F)C1. The van der Waals surface area contributed by atoms with E-state index in [-0.39, 0.29) is 5.82 Å². The van der Waals surface area contributed by atoms with Gasteiger partial charge in [-0.15, -0.1) is 0 Å². The van der Waals surface area contributed by atoms with E-state index in [4.69, 9.17) is 0 Å².